The molecule has 138 valence electrons. The van der Waals surface area contributed by atoms with Gasteiger partial charge in [-0.05, 0) is 24.6 Å². The summed E-state index contributed by atoms with van der Waals surface area (Å²) >= 11 is 0. The summed E-state index contributed by atoms with van der Waals surface area (Å²) in [4.78, 5) is 44.8. The van der Waals surface area contributed by atoms with E-state index in [9.17, 15) is 19.2 Å². The van der Waals surface area contributed by atoms with Crippen molar-refractivity contribution < 1.29 is 28.6 Å². The topological polar surface area (TPSA) is 135 Å². The van der Waals surface area contributed by atoms with Gasteiger partial charge in [-0.15, -0.1) is 0 Å². The second-order valence-electron chi connectivity index (χ2n) is 5.47. The standard InChI is InChI=1S/C17H18N2O7/c1-10-6-17(24)26-13-7-11(2-3-12(10)13)25-9-15(21)19-8-14(20)18-5-4-16(22)23/h2-3,6-7H,4-5,8-9H2,1H3,(H,18,20)(H,19,21)(H,22,23). The third-order valence-electron chi connectivity index (χ3n) is 3.40. The summed E-state index contributed by atoms with van der Waals surface area (Å²) in [6.07, 6.45) is -0.194. The second-order valence-corrected chi connectivity index (χ2v) is 5.47. The van der Waals surface area contributed by atoms with Crippen molar-refractivity contribution in [2.24, 2.45) is 0 Å². The number of fused-ring (bicyclic) bond motifs is 1. The Morgan fingerprint density at radius 1 is 1.15 bits per heavy atom. The number of nitrogens with one attached hydrogen (secondary N) is 2. The molecule has 0 aliphatic heterocycles. The van der Waals surface area contributed by atoms with E-state index < -0.39 is 23.4 Å². The number of rotatable bonds is 8. The van der Waals surface area contributed by atoms with E-state index in [-0.39, 0.29) is 26.1 Å². The molecular formula is C17H18N2O7. The van der Waals surface area contributed by atoms with Gasteiger partial charge in [-0.1, -0.05) is 0 Å². The molecule has 9 heteroatoms. The van der Waals surface area contributed by atoms with Crippen LogP contribution in [0.2, 0.25) is 0 Å². The Morgan fingerprint density at radius 2 is 1.92 bits per heavy atom. The molecule has 0 saturated heterocycles. The minimum atomic E-state index is -1.02. The highest BCUT2D eigenvalue weighted by atomic mass is 16.5. The summed E-state index contributed by atoms with van der Waals surface area (Å²) in [6.45, 7) is 1.16. The molecule has 3 N–H and O–H groups in total. The molecule has 0 spiro atoms. The van der Waals surface area contributed by atoms with E-state index in [1.165, 1.54) is 12.1 Å². The van der Waals surface area contributed by atoms with Crippen molar-refractivity contribution in [2.45, 2.75) is 13.3 Å². The minimum absolute atomic E-state index is 0.0117. The van der Waals surface area contributed by atoms with Gasteiger partial charge in [0.15, 0.2) is 6.61 Å². The highest BCUT2D eigenvalue weighted by Gasteiger charge is 2.08. The summed E-state index contributed by atoms with van der Waals surface area (Å²) in [6, 6.07) is 6.26. The molecule has 0 radical (unpaired) electrons. The van der Waals surface area contributed by atoms with Crippen LogP contribution in [-0.2, 0) is 14.4 Å². The number of benzene rings is 1. The summed E-state index contributed by atoms with van der Waals surface area (Å²) in [7, 11) is 0. The van der Waals surface area contributed by atoms with Crippen molar-refractivity contribution in [3.05, 3.63) is 40.2 Å². The van der Waals surface area contributed by atoms with Crippen LogP contribution >= 0.6 is 0 Å². The third-order valence-corrected chi connectivity index (χ3v) is 3.40. The van der Waals surface area contributed by atoms with Crippen LogP contribution in [0, 0.1) is 6.92 Å². The molecule has 1 aromatic carbocycles. The van der Waals surface area contributed by atoms with E-state index in [0.29, 0.717) is 11.3 Å². The third kappa shape index (κ3) is 5.62. The molecule has 1 aromatic heterocycles. The number of hydrogen-bond acceptors (Lipinski definition) is 6. The Hall–Kier alpha value is -3.36. The number of aliphatic carboxylic acids is 1. The van der Waals surface area contributed by atoms with Gasteiger partial charge in [0.2, 0.25) is 5.91 Å². The van der Waals surface area contributed by atoms with Gasteiger partial charge < -0.3 is 24.9 Å². The summed E-state index contributed by atoms with van der Waals surface area (Å²) in [5.74, 6) is -1.71. The highest BCUT2D eigenvalue weighted by molar-refractivity contribution is 5.85. The zero-order chi connectivity index (χ0) is 19.1. The number of amides is 2. The van der Waals surface area contributed by atoms with Gasteiger partial charge >= 0.3 is 11.6 Å². The Kier molecular flexibility index (Phi) is 6.31. The van der Waals surface area contributed by atoms with Crippen LogP contribution in [0.3, 0.4) is 0 Å². The normalized spacial score (nSPS) is 10.3. The summed E-state index contributed by atoms with van der Waals surface area (Å²) < 4.78 is 10.4. The Balaban J connectivity index is 1.82. The maximum atomic E-state index is 11.7. The fourth-order valence-electron chi connectivity index (χ4n) is 2.15. The largest absolute Gasteiger partial charge is 0.484 e. The zero-order valence-corrected chi connectivity index (χ0v) is 14.0. The summed E-state index contributed by atoms with van der Waals surface area (Å²) in [5, 5.41) is 13.9. The molecule has 0 unspecified atom stereocenters. The van der Waals surface area contributed by atoms with Crippen molar-refractivity contribution in [1.82, 2.24) is 10.6 Å². The van der Waals surface area contributed by atoms with Crippen LogP contribution in [0.15, 0.2) is 33.5 Å². The predicted octanol–water partition coefficient (Wildman–Crippen LogP) is 0.187. The monoisotopic (exact) mass is 362 g/mol. The molecular weight excluding hydrogens is 344 g/mol. The van der Waals surface area contributed by atoms with E-state index in [1.807, 2.05) is 0 Å². The highest BCUT2D eigenvalue weighted by Crippen LogP contribution is 2.22. The van der Waals surface area contributed by atoms with Gasteiger partial charge in [-0.2, -0.15) is 0 Å². The van der Waals surface area contributed by atoms with E-state index in [2.05, 4.69) is 10.6 Å². The van der Waals surface area contributed by atoms with Crippen molar-refractivity contribution in [2.75, 3.05) is 19.7 Å². The van der Waals surface area contributed by atoms with E-state index in [0.717, 1.165) is 10.9 Å². The second kappa shape index (κ2) is 8.65. The van der Waals surface area contributed by atoms with Crippen molar-refractivity contribution >= 4 is 28.8 Å². The Labute approximate surface area is 147 Å². The lowest BCUT2D eigenvalue weighted by Crippen LogP contribution is -2.39. The molecule has 0 bridgehead atoms. The first-order valence-corrected chi connectivity index (χ1v) is 7.77. The molecule has 1 heterocycles. The van der Waals surface area contributed by atoms with Gasteiger partial charge in [-0.25, -0.2) is 4.79 Å². The van der Waals surface area contributed by atoms with Gasteiger partial charge in [0.25, 0.3) is 5.91 Å². The van der Waals surface area contributed by atoms with Gasteiger partial charge in [0.05, 0.1) is 13.0 Å². The van der Waals surface area contributed by atoms with Crippen molar-refractivity contribution in [1.29, 1.82) is 0 Å². The predicted molar refractivity (Wildman–Crippen MR) is 91.0 cm³/mol. The van der Waals surface area contributed by atoms with Crippen molar-refractivity contribution in [3.8, 4) is 5.75 Å². The zero-order valence-electron chi connectivity index (χ0n) is 14.0. The first kappa shape index (κ1) is 19.0. The van der Waals surface area contributed by atoms with E-state index in [1.54, 1.807) is 19.1 Å². The van der Waals surface area contributed by atoms with Gasteiger partial charge in [-0.3, -0.25) is 14.4 Å². The average Bonchev–Trinajstić information content (AvgIpc) is 2.57. The lowest BCUT2D eigenvalue weighted by molar-refractivity contribution is -0.137. The van der Waals surface area contributed by atoms with E-state index in [4.69, 9.17) is 14.3 Å². The molecule has 0 saturated carbocycles. The van der Waals surface area contributed by atoms with Crippen LogP contribution < -0.4 is 21.0 Å². The molecule has 2 amide bonds. The number of carboxylic acid groups (broad SMARTS) is 1. The maximum absolute atomic E-state index is 11.7. The molecule has 2 rings (SSSR count). The van der Waals surface area contributed by atoms with Crippen LogP contribution in [0.25, 0.3) is 11.0 Å². The van der Waals surface area contributed by atoms with Crippen LogP contribution in [0.4, 0.5) is 0 Å². The Morgan fingerprint density at radius 3 is 2.65 bits per heavy atom. The summed E-state index contributed by atoms with van der Waals surface area (Å²) in [5.41, 5.74) is 0.652. The smallest absolute Gasteiger partial charge is 0.336 e. The SMILES string of the molecule is Cc1cc(=O)oc2cc(OCC(=O)NCC(=O)NCCC(=O)O)ccc12. The number of carbonyl (C=O) groups excluding carboxylic acids is 2. The molecule has 26 heavy (non-hydrogen) atoms. The lowest BCUT2D eigenvalue weighted by atomic mass is 10.1. The average molecular weight is 362 g/mol. The fraction of sp³-hybridized carbons (Fsp3) is 0.294. The quantitative estimate of drug-likeness (QED) is 0.570. The minimum Gasteiger partial charge on any atom is -0.484 e. The first-order valence-electron chi connectivity index (χ1n) is 7.77. The van der Waals surface area contributed by atoms with E-state index >= 15 is 0 Å². The fourth-order valence-corrected chi connectivity index (χ4v) is 2.15. The number of ether oxygens (including phenoxy) is 1. The first-order chi connectivity index (χ1) is 12.3. The number of aryl methyl sites for hydroxylation is 1. The van der Waals surface area contributed by atoms with Crippen molar-refractivity contribution in [3.63, 3.8) is 0 Å². The molecule has 0 aliphatic rings. The maximum Gasteiger partial charge on any atom is 0.336 e. The van der Waals surface area contributed by atoms with Crippen LogP contribution in [0.5, 0.6) is 5.75 Å². The van der Waals surface area contributed by atoms with Crippen LogP contribution in [0.1, 0.15) is 12.0 Å². The molecule has 2 aromatic rings. The number of hydrogen-bond donors (Lipinski definition) is 3. The number of carboxylic acids is 1. The van der Waals surface area contributed by atoms with Crippen LogP contribution in [-0.4, -0.2) is 42.6 Å². The molecule has 0 aliphatic carbocycles. The lowest BCUT2D eigenvalue weighted by Gasteiger charge is -2.08. The number of carbonyl (C=O) groups is 3. The van der Waals surface area contributed by atoms with Gasteiger partial charge in [0.1, 0.15) is 11.3 Å². The Bertz CT molecular complexity index is 888. The van der Waals surface area contributed by atoms with Gasteiger partial charge in [0, 0.05) is 24.1 Å². The molecule has 0 fully saturated rings. The molecule has 0 atom stereocenters. The molecule has 9 nitrogen and oxygen atoms in total.